The number of methoxy groups -OCH3 is 1. The minimum atomic E-state index is 0.369. The van der Waals surface area contributed by atoms with Crippen molar-refractivity contribution in [3.8, 4) is 17.0 Å². The molecule has 3 aromatic rings. The lowest BCUT2D eigenvalue weighted by molar-refractivity contribution is 0.407. The molecule has 0 amide bonds. The molecule has 0 radical (unpaired) electrons. The Morgan fingerprint density at radius 2 is 1.87 bits per heavy atom. The van der Waals surface area contributed by atoms with Gasteiger partial charge in [-0.3, -0.25) is 4.98 Å². The van der Waals surface area contributed by atoms with Crippen molar-refractivity contribution in [1.82, 2.24) is 15.0 Å². The minimum Gasteiger partial charge on any atom is -0.496 e. The summed E-state index contributed by atoms with van der Waals surface area (Å²) in [4.78, 5) is 13.4. The summed E-state index contributed by atoms with van der Waals surface area (Å²) in [6.45, 7) is 4.31. The van der Waals surface area contributed by atoms with Crippen LogP contribution in [0.2, 0.25) is 0 Å². The van der Waals surface area contributed by atoms with Gasteiger partial charge in [-0.1, -0.05) is 13.8 Å². The van der Waals surface area contributed by atoms with Gasteiger partial charge in [0.2, 0.25) is 0 Å². The van der Waals surface area contributed by atoms with Crippen LogP contribution in [0.4, 0.5) is 5.82 Å². The molecule has 118 valence electrons. The Kier molecular flexibility index (Phi) is 4.10. The van der Waals surface area contributed by atoms with Gasteiger partial charge in [0.1, 0.15) is 11.3 Å². The van der Waals surface area contributed by atoms with E-state index in [0.29, 0.717) is 5.92 Å². The summed E-state index contributed by atoms with van der Waals surface area (Å²) in [7, 11) is 3.54. The fourth-order valence-electron chi connectivity index (χ4n) is 2.64. The van der Waals surface area contributed by atoms with Crippen molar-refractivity contribution in [1.29, 1.82) is 0 Å². The number of hydrogen-bond donors (Lipinski definition) is 1. The molecule has 5 nitrogen and oxygen atoms in total. The monoisotopic (exact) mass is 308 g/mol. The van der Waals surface area contributed by atoms with E-state index in [-0.39, 0.29) is 0 Å². The summed E-state index contributed by atoms with van der Waals surface area (Å²) in [5.41, 5.74) is 4.67. The van der Waals surface area contributed by atoms with Crippen LogP contribution in [0.5, 0.6) is 5.75 Å². The topological polar surface area (TPSA) is 59.9 Å². The average Bonchev–Trinajstić information content (AvgIpc) is 2.60. The zero-order valence-corrected chi connectivity index (χ0v) is 13.8. The molecule has 0 fully saturated rings. The normalized spacial score (nSPS) is 11.0. The number of aromatic nitrogens is 3. The number of benzene rings is 1. The molecule has 5 heteroatoms. The third-order valence-corrected chi connectivity index (χ3v) is 3.84. The number of nitrogens with one attached hydrogen (secondary N) is 1. The summed E-state index contributed by atoms with van der Waals surface area (Å²) in [6.07, 6.45) is 3.37. The van der Waals surface area contributed by atoms with Crippen molar-refractivity contribution in [2.45, 2.75) is 19.8 Å². The van der Waals surface area contributed by atoms with Crippen LogP contribution in [0.3, 0.4) is 0 Å². The van der Waals surface area contributed by atoms with Crippen LogP contribution in [0.25, 0.3) is 22.3 Å². The van der Waals surface area contributed by atoms with E-state index in [4.69, 9.17) is 9.72 Å². The summed E-state index contributed by atoms with van der Waals surface area (Å²) >= 11 is 0. The van der Waals surface area contributed by atoms with Gasteiger partial charge in [-0.05, 0) is 35.7 Å². The second kappa shape index (κ2) is 6.20. The van der Waals surface area contributed by atoms with E-state index < -0.39 is 0 Å². The number of fused-ring (bicyclic) bond motifs is 1. The van der Waals surface area contributed by atoms with Crippen LogP contribution in [-0.4, -0.2) is 29.1 Å². The predicted octanol–water partition coefficient (Wildman–Crippen LogP) is 3.87. The van der Waals surface area contributed by atoms with E-state index in [9.17, 15) is 0 Å². The smallest absolute Gasteiger partial charge is 0.154 e. The lowest BCUT2D eigenvalue weighted by Crippen LogP contribution is -1.99. The standard InChI is InChI=1S/C18H20N4O/c1-11(2)13-9-12(5-6-16(13)23-4)14-10-15-17(18(19-3)22-14)21-8-7-20-15/h5-11H,1-4H3,(H,19,22). The van der Waals surface area contributed by atoms with Gasteiger partial charge in [0.25, 0.3) is 0 Å². The number of anilines is 1. The molecule has 0 bridgehead atoms. The molecule has 2 heterocycles. The van der Waals surface area contributed by atoms with Gasteiger partial charge in [-0.15, -0.1) is 0 Å². The molecule has 3 rings (SSSR count). The summed E-state index contributed by atoms with van der Waals surface area (Å²) in [5, 5.41) is 3.10. The summed E-state index contributed by atoms with van der Waals surface area (Å²) in [5.74, 6) is 2.00. The molecular weight excluding hydrogens is 288 g/mol. The highest BCUT2D eigenvalue weighted by Crippen LogP contribution is 2.32. The molecule has 0 saturated heterocycles. The molecule has 0 unspecified atom stereocenters. The van der Waals surface area contributed by atoms with Crippen LogP contribution in [0, 0.1) is 0 Å². The highest BCUT2D eigenvalue weighted by Gasteiger charge is 2.12. The first-order valence-corrected chi connectivity index (χ1v) is 7.62. The lowest BCUT2D eigenvalue weighted by atomic mass is 9.98. The average molecular weight is 308 g/mol. The number of hydrogen-bond acceptors (Lipinski definition) is 5. The van der Waals surface area contributed by atoms with E-state index in [2.05, 4.69) is 35.2 Å². The molecule has 0 aliphatic heterocycles. The van der Waals surface area contributed by atoms with Gasteiger partial charge in [0, 0.05) is 25.0 Å². The first kappa shape index (κ1) is 15.2. The Morgan fingerprint density at radius 1 is 1.09 bits per heavy atom. The molecule has 0 atom stereocenters. The van der Waals surface area contributed by atoms with E-state index >= 15 is 0 Å². The summed E-state index contributed by atoms with van der Waals surface area (Å²) < 4.78 is 5.46. The Morgan fingerprint density at radius 3 is 2.57 bits per heavy atom. The Bertz CT molecular complexity index is 846. The summed E-state index contributed by atoms with van der Waals surface area (Å²) in [6, 6.07) is 8.11. The molecule has 0 aliphatic rings. The van der Waals surface area contributed by atoms with Crippen LogP contribution in [0.1, 0.15) is 25.3 Å². The maximum atomic E-state index is 5.46. The second-order valence-electron chi connectivity index (χ2n) is 5.64. The third kappa shape index (κ3) is 2.82. The zero-order chi connectivity index (χ0) is 16.4. The van der Waals surface area contributed by atoms with Gasteiger partial charge in [-0.25, -0.2) is 9.97 Å². The van der Waals surface area contributed by atoms with Gasteiger partial charge >= 0.3 is 0 Å². The molecule has 1 aromatic carbocycles. The van der Waals surface area contributed by atoms with Crippen molar-refractivity contribution >= 4 is 16.9 Å². The van der Waals surface area contributed by atoms with Crippen LogP contribution < -0.4 is 10.1 Å². The number of ether oxygens (including phenoxy) is 1. The number of rotatable bonds is 4. The van der Waals surface area contributed by atoms with Crippen LogP contribution in [0.15, 0.2) is 36.7 Å². The van der Waals surface area contributed by atoms with Gasteiger partial charge in [0.15, 0.2) is 5.82 Å². The fraction of sp³-hybridized carbons (Fsp3) is 0.278. The second-order valence-corrected chi connectivity index (χ2v) is 5.64. The Hall–Kier alpha value is -2.69. The van der Waals surface area contributed by atoms with Crippen molar-refractivity contribution in [2.24, 2.45) is 0 Å². The van der Waals surface area contributed by atoms with E-state index in [1.807, 2.05) is 25.2 Å². The van der Waals surface area contributed by atoms with Crippen molar-refractivity contribution in [3.05, 3.63) is 42.2 Å². The minimum absolute atomic E-state index is 0.369. The first-order valence-electron chi connectivity index (χ1n) is 7.62. The molecule has 1 N–H and O–H groups in total. The van der Waals surface area contributed by atoms with E-state index in [1.54, 1.807) is 19.5 Å². The van der Waals surface area contributed by atoms with Crippen LogP contribution >= 0.6 is 0 Å². The molecule has 2 aromatic heterocycles. The number of pyridine rings is 1. The Balaban J connectivity index is 2.18. The van der Waals surface area contributed by atoms with E-state index in [1.165, 1.54) is 0 Å². The Labute approximate surface area is 135 Å². The quantitative estimate of drug-likeness (QED) is 0.793. The molecule has 0 spiro atoms. The highest BCUT2D eigenvalue weighted by molar-refractivity contribution is 5.88. The molecule has 0 aliphatic carbocycles. The molecule has 23 heavy (non-hydrogen) atoms. The molecular formula is C18H20N4O. The highest BCUT2D eigenvalue weighted by atomic mass is 16.5. The van der Waals surface area contributed by atoms with E-state index in [0.717, 1.165) is 39.4 Å². The van der Waals surface area contributed by atoms with Crippen molar-refractivity contribution in [3.63, 3.8) is 0 Å². The third-order valence-electron chi connectivity index (χ3n) is 3.84. The van der Waals surface area contributed by atoms with Crippen LogP contribution in [-0.2, 0) is 0 Å². The SMILES string of the molecule is CNc1nc(-c2ccc(OC)c(C(C)C)c2)cc2nccnc12. The lowest BCUT2D eigenvalue weighted by Gasteiger charge is -2.14. The predicted molar refractivity (Wildman–Crippen MR) is 93.0 cm³/mol. The molecule has 0 saturated carbocycles. The zero-order valence-electron chi connectivity index (χ0n) is 13.8. The van der Waals surface area contributed by atoms with Gasteiger partial charge in [0.05, 0.1) is 18.3 Å². The maximum absolute atomic E-state index is 5.46. The fourth-order valence-corrected chi connectivity index (χ4v) is 2.64. The van der Waals surface area contributed by atoms with Crippen molar-refractivity contribution < 1.29 is 4.74 Å². The van der Waals surface area contributed by atoms with Gasteiger partial charge in [-0.2, -0.15) is 0 Å². The largest absolute Gasteiger partial charge is 0.496 e. The maximum Gasteiger partial charge on any atom is 0.154 e. The van der Waals surface area contributed by atoms with Crippen molar-refractivity contribution in [2.75, 3.05) is 19.5 Å². The number of nitrogens with zero attached hydrogens (tertiary/aromatic N) is 3. The first-order chi connectivity index (χ1) is 11.1. The van der Waals surface area contributed by atoms with Gasteiger partial charge < -0.3 is 10.1 Å².